The first kappa shape index (κ1) is 17.7. The molecular weight excluding hydrogens is 372 g/mol. The zero-order valence-corrected chi connectivity index (χ0v) is 14.4. The summed E-state index contributed by atoms with van der Waals surface area (Å²) in [6.45, 7) is 0.358. The van der Waals surface area contributed by atoms with E-state index in [0.717, 1.165) is 16.8 Å². The van der Waals surface area contributed by atoms with Gasteiger partial charge in [0.25, 0.3) is 5.52 Å². The molecule has 24 heavy (non-hydrogen) atoms. The molecule has 1 heterocycles. The van der Waals surface area contributed by atoms with Crippen LogP contribution < -0.4 is 26.9 Å². The maximum atomic E-state index is 10.9. The van der Waals surface area contributed by atoms with Gasteiger partial charge >= 0.3 is 11.9 Å². The lowest BCUT2D eigenvalue weighted by molar-refractivity contribution is -0.677. The van der Waals surface area contributed by atoms with Crippen molar-refractivity contribution in [3.63, 3.8) is 0 Å². The fourth-order valence-corrected chi connectivity index (χ4v) is 2.36. The highest BCUT2D eigenvalue weighted by atomic mass is 79.9. The molecule has 0 aliphatic rings. The average Bonchev–Trinajstić information content (AvgIpc) is 2.91. The molecule has 2 N–H and O–H groups in total. The first-order chi connectivity index (χ1) is 11.2. The standard InChI is InChI=1S/C18H16N2O3.BrH/c21-18(22)11-13-20-15-8-4-5-9-16(15)23-17(20)10-12-19-14-6-2-1-3-7-14;/h1-10,12H,11,13H2,(H,21,22);1H. The van der Waals surface area contributed by atoms with E-state index in [9.17, 15) is 4.79 Å². The van der Waals surface area contributed by atoms with Gasteiger partial charge in [0.2, 0.25) is 5.58 Å². The molecule has 0 fully saturated rings. The van der Waals surface area contributed by atoms with Crippen molar-refractivity contribution in [2.24, 2.45) is 0 Å². The number of aliphatic carboxylic acids is 1. The van der Waals surface area contributed by atoms with Crippen LogP contribution in [0.25, 0.3) is 17.2 Å². The normalized spacial score (nSPS) is 10.7. The van der Waals surface area contributed by atoms with Crippen LogP contribution in [-0.2, 0) is 11.3 Å². The lowest BCUT2D eigenvalue weighted by atomic mass is 10.3. The molecule has 0 saturated carbocycles. The molecule has 0 amide bonds. The quantitative estimate of drug-likeness (QED) is 0.595. The zero-order valence-electron chi connectivity index (χ0n) is 12.9. The second kappa shape index (κ2) is 8.31. The summed E-state index contributed by atoms with van der Waals surface area (Å²) in [7, 11) is 0. The molecule has 3 rings (SSSR count). The molecule has 124 valence electrons. The van der Waals surface area contributed by atoms with Crippen molar-refractivity contribution < 1.29 is 35.9 Å². The minimum atomic E-state index is -0.833. The molecular formula is C18H17BrN2O3. The molecule has 5 nitrogen and oxygen atoms in total. The third kappa shape index (κ3) is 4.23. The van der Waals surface area contributed by atoms with Crippen LogP contribution in [0.4, 0.5) is 5.69 Å². The van der Waals surface area contributed by atoms with E-state index in [-0.39, 0.29) is 23.4 Å². The first-order valence-electron chi connectivity index (χ1n) is 7.35. The van der Waals surface area contributed by atoms with E-state index in [2.05, 4.69) is 5.32 Å². The van der Waals surface area contributed by atoms with E-state index < -0.39 is 5.97 Å². The Labute approximate surface area is 150 Å². The summed E-state index contributed by atoms with van der Waals surface area (Å²) >= 11 is 0. The van der Waals surface area contributed by atoms with Gasteiger partial charge in [-0.25, -0.2) is 0 Å². The number of benzene rings is 2. The van der Waals surface area contributed by atoms with Crippen LogP contribution in [0.1, 0.15) is 12.3 Å². The average molecular weight is 389 g/mol. The summed E-state index contributed by atoms with van der Waals surface area (Å²) < 4.78 is 7.68. The van der Waals surface area contributed by atoms with Gasteiger partial charge in [0.05, 0.1) is 6.08 Å². The summed E-state index contributed by atoms with van der Waals surface area (Å²) in [5, 5.41) is 12.1. The van der Waals surface area contributed by atoms with Crippen LogP contribution in [-0.4, -0.2) is 11.1 Å². The molecule has 0 unspecified atom stereocenters. The zero-order chi connectivity index (χ0) is 16.1. The maximum absolute atomic E-state index is 10.9. The highest BCUT2D eigenvalue weighted by Gasteiger charge is 2.20. The Bertz CT molecular complexity index is 844. The molecule has 0 aliphatic carbocycles. The Morgan fingerprint density at radius 3 is 2.58 bits per heavy atom. The van der Waals surface area contributed by atoms with Gasteiger partial charge in [-0.1, -0.05) is 30.3 Å². The number of carboxylic acid groups (broad SMARTS) is 1. The van der Waals surface area contributed by atoms with Gasteiger partial charge in [-0.3, -0.25) is 4.79 Å². The Morgan fingerprint density at radius 1 is 1.12 bits per heavy atom. The van der Waals surface area contributed by atoms with Crippen molar-refractivity contribution >= 4 is 28.8 Å². The number of anilines is 1. The minimum absolute atomic E-state index is 0. The Kier molecular flexibility index (Phi) is 6.14. The topological polar surface area (TPSA) is 66.3 Å². The first-order valence-corrected chi connectivity index (χ1v) is 7.35. The van der Waals surface area contributed by atoms with Crippen LogP contribution in [0.15, 0.2) is 65.2 Å². The number of halogens is 1. The second-order valence-electron chi connectivity index (χ2n) is 5.05. The van der Waals surface area contributed by atoms with Crippen LogP contribution in [0.3, 0.4) is 0 Å². The van der Waals surface area contributed by atoms with Crippen molar-refractivity contribution in [1.29, 1.82) is 0 Å². The van der Waals surface area contributed by atoms with Gasteiger partial charge in [-0.05, 0) is 18.2 Å². The number of hydrogen-bond acceptors (Lipinski definition) is 3. The molecule has 0 atom stereocenters. The van der Waals surface area contributed by atoms with Gasteiger partial charge in [-0.2, -0.15) is 4.57 Å². The van der Waals surface area contributed by atoms with Crippen molar-refractivity contribution in [3.8, 4) is 0 Å². The maximum Gasteiger partial charge on any atom is 0.375 e. The molecule has 0 spiro atoms. The summed E-state index contributed by atoms with van der Waals surface area (Å²) in [5.41, 5.74) is 2.59. The number of nitrogens with zero attached hydrogens (tertiary/aromatic N) is 1. The lowest BCUT2D eigenvalue weighted by Gasteiger charge is -1.97. The highest BCUT2D eigenvalue weighted by Crippen LogP contribution is 2.15. The molecule has 3 aromatic rings. The van der Waals surface area contributed by atoms with Crippen molar-refractivity contribution in [3.05, 3.63) is 66.7 Å². The number of fused-ring (bicyclic) bond motifs is 1. The smallest absolute Gasteiger partial charge is 0.375 e. The molecule has 0 radical (unpaired) electrons. The molecule has 1 aromatic heterocycles. The van der Waals surface area contributed by atoms with Crippen LogP contribution >= 0.6 is 0 Å². The van der Waals surface area contributed by atoms with Gasteiger partial charge in [0.1, 0.15) is 6.42 Å². The fourth-order valence-electron chi connectivity index (χ4n) is 2.36. The van der Waals surface area contributed by atoms with Gasteiger partial charge in [0, 0.05) is 18.0 Å². The lowest BCUT2D eigenvalue weighted by Crippen LogP contribution is -3.00. The monoisotopic (exact) mass is 388 g/mol. The van der Waals surface area contributed by atoms with Gasteiger partial charge in [0.15, 0.2) is 6.54 Å². The summed E-state index contributed by atoms with van der Waals surface area (Å²) in [4.78, 5) is 10.9. The van der Waals surface area contributed by atoms with Gasteiger partial charge < -0.3 is 31.8 Å². The molecule has 0 bridgehead atoms. The Morgan fingerprint density at radius 2 is 1.83 bits per heavy atom. The van der Waals surface area contributed by atoms with Crippen LogP contribution in [0, 0.1) is 0 Å². The molecule has 0 saturated heterocycles. The summed E-state index contributed by atoms with van der Waals surface area (Å²) in [6, 6.07) is 17.4. The van der Waals surface area contributed by atoms with E-state index in [1.807, 2.05) is 59.2 Å². The number of rotatable bonds is 6. The van der Waals surface area contributed by atoms with E-state index in [4.69, 9.17) is 9.52 Å². The Balaban J connectivity index is 0.00000208. The Hall–Kier alpha value is -2.60. The van der Waals surface area contributed by atoms with E-state index in [1.165, 1.54) is 0 Å². The predicted octanol–water partition coefficient (Wildman–Crippen LogP) is 0.282. The highest BCUT2D eigenvalue weighted by molar-refractivity contribution is 5.70. The van der Waals surface area contributed by atoms with E-state index >= 15 is 0 Å². The van der Waals surface area contributed by atoms with Gasteiger partial charge in [-0.15, -0.1) is 0 Å². The summed E-state index contributed by atoms with van der Waals surface area (Å²) in [6.07, 6.45) is 3.63. The van der Waals surface area contributed by atoms with E-state index in [0.29, 0.717) is 12.4 Å². The van der Waals surface area contributed by atoms with Crippen molar-refractivity contribution in [2.75, 3.05) is 5.32 Å². The summed E-state index contributed by atoms with van der Waals surface area (Å²) in [5.74, 6) is -0.226. The number of para-hydroxylation sites is 3. The number of oxazole rings is 1. The fraction of sp³-hybridized carbons (Fsp3) is 0.111. The van der Waals surface area contributed by atoms with E-state index in [1.54, 1.807) is 12.3 Å². The van der Waals surface area contributed by atoms with Crippen LogP contribution in [0.2, 0.25) is 0 Å². The third-order valence-corrected chi connectivity index (χ3v) is 3.44. The number of carboxylic acids is 1. The third-order valence-electron chi connectivity index (χ3n) is 3.44. The SMILES string of the molecule is O=C(O)CC[n+]1c(C=CNc2ccccc2)oc2ccccc21.[Br-]. The molecule has 2 aromatic carbocycles. The van der Waals surface area contributed by atoms with Crippen molar-refractivity contribution in [1.82, 2.24) is 0 Å². The number of aryl methyl sites for hydroxylation is 1. The number of aromatic nitrogens is 1. The van der Waals surface area contributed by atoms with Crippen molar-refractivity contribution in [2.45, 2.75) is 13.0 Å². The number of nitrogens with one attached hydrogen (secondary N) is 1. The number of hydrogen-bond donors (Lipinski definition) is 2. The predicted molar refractivity (Wildman–Crippen MR) is 87.8 cm³/mol. The molecule has 6 heteroatoms. The molecule has 0 aliphatic heterocycles. The number of carbonyl (C=O) groups is 1. The minimum Gasteiger partial charge on any atom is -1.00 e. The van der Waals surface area contributed by atoms with Crippen LogP contribution in [0.5, 0.6) is 0 Å². The largest absolute Gasteiger partial charge is 1.00 e. The second-order valence-corrected chi connectivity index (χ2v) is 5.05.